The van der Waals surface area contributed by atoms with E-state index in [9.17, 15) is 4.79 Å². The molecule has 0 aliphatic heterocycles. The topological polar surface area (TPSA) is 62.1 Å². The standard InChI is InChI=1S/C14H12N2O2S/c1-10-6-7-13(19-10)14(17)16-11-4-2-3-5-12(11)18-9-8-15/h2-7H,9H2,1H3,(H,16,17). The summed E-state index contributed by atoms with van der Waals surface area (Å²) in [5, 5.41) is 11.3. The van der Waals surface area contributed by atoms with Crippen molar-refractivity contribution in [2.75, 3.05) is 11.9 Å². The number of ether oxygens (including phenoxy) is 1. The normalized spacial score (nSPS) is 9.68. The van der Waals surface area contributed by atoms with Gasteiger partial charge in [-0.05, 0) is 31.2 Å². The molecule has 1 aromatic carbocycles. The summed E-state index contributed by atoms with van der Waals surface area (Å²) in [4.78, 5) is 13.8. The largest absolute Gasteiger partial charge is 0.477 e. The number of anilines is 1. The molecule has 0 aliphatic rings. The van der Waals surface area contributed by atoms with Gasteiger partial charge in [-0.3, -0.25) is 4.79 Å². The molecule has 1 N–H and O–H groups in total. The van der Waals surface area contributed by atoms with Crippen molar-refractivity contribution >= 4 is 22.9 Å². The van der Waals surface area contributed by atoms with E-state index in [0.29, 0.717) is 16.3 Å². The number of thiophene rings is 1. The molecule has 0 spiro atoms. The molecule has 0 atom stereocenters. The lowest BCUT2D eigenvalue weighted by Crippen LogP contribution is -2.11. The van der Waals surface area contributed by atoms with Crippen LogP contribution < -0.4 is 10.1 Å². The van der Waals surface area contributed by atoms with Crippen molar-refractivity contribution < 1.29 is 9.53 Å². The van der Waals surface area contributed by atoms with Gasteiger partial charge >= 0.3 is 0 Å². The van der Waals surface area contributed by atoms with Crippen LogP contribution in [0.15, 0.2) is 36.4 Å². The number of amides is 1. The highest BCUT2D eigenvalue weighted by Crippen LogP contribution is 2.25. The SMILES string of the molecule is Cc1ccc(C(=O)Nc2ccccc2OCC#N)s1. The molecule has 0 saturated heterocycles. The molecule has 0 aliphatic carbocycles. The molecule has 19 heavy (non-hydrogen) atoms. The zero-order chi connectivity index (χ0) is 13.7. The molecule has 0 radical (unpaired) electrons. The van der Waals surface area contributed by atoms with Gasteiger partial charge in [0.2, 0.25) is 0 Å². The van der Waals surface area contributed by atoms with Crippen LogP contribution >= 0.6 is 11.3 Å². The monoisotopic (exact) mass is 272 g/mol. The van der Waals surface area contributed by atoms with Crippen LogP contribution in [0.1, 0.15) is 14.5 Å². The number of para-hydroxylation sites is 2. The fourth-order valence-electron chi connectivity index (χ4n) is 1.55. The Hall–Kier alpha value is -2.32. The number of benzene rings is 1. The number of carbonyl (C=O) groups excluding carboxylic acids is 1. The summed E-state index contributed by atoms with van der Waals surface area (Å²) in [5.74, 6) is 0.316. The molecule has 5 heteroatoms. The smallest absolute Gasteiger partial charge is 0.265 e. The number of nitrogens with zero attached hydrogens (tertiary/aromatic N) is 1. The lowest BCUT2D eigenvalue weighted by Gasteiger charge is -2.09. The molecule has 1 heterocycles. The Bertz CT molecular complexity index is 628. The Labute approximate surface area is 115 Å². The van der Waals surface area contributed by atoms with E-state index in [0.717, 1.165) is 4.88 Å². The van der Waals surface area contributed by atoms with Gasteiger partial charge in [0, 0.05) is 4.88 Å². The highest BCUT2D eigenvalue weighted by atomic mass is 32.1. The van der Waals surface area contributed by atoms with E-state index >= 15 is 0 Å². The van der Waals surface area contributed by atoms with Crippen LogP contribution in [0.4, 0.5) is 5.69 Å². The zero-order valence-electron chi connectivity index (χ0n) is 10.3. The minimum absolute atomic E-state index is 0.0506. The molecule has 0 bridgehead atoms. The van der Waals surface area contributed by atoms with Crippen LogP contribution in [-0.2, 0) is 0 Å². The Kier molecular flexibility index (Phi) is 4.16. The molecule has 2 aromatic rings. The number of aryl methyl sites for hydroxylation is 1. The van der Waals surface area contributed by atoms with E-state index in [2.05, 4.69) is 5.32 Å². The summed E-state index contributed by atoms with van der Waals surface area (Å²) in [6.45, 7) is 1.90. The quantitative estimate of drug-likeness (QED) is 0.929. The van der Waals surface area contributed by atoms with E-state index in [4.69, 9.17) is 10.00 Å². The van der Waals surface area contributed by atoms with E-state index in [-0.39, 0.29) is 12.5 Å². The molecule has 96 valence electrons. The highest BCUT2D eigenvalue weighted by Gasteiger charge is 2.11. The van der Waals surface area contributed by atoms with Crippen molar-refractivity contribution in [2.45, 2.75) is 6.92 Å². The third-order valence-corrected chi connectivity index (χ3v) is 3.39. The third-order valence-electron chi connectivity index (χ3n) is 2.39. The van der Waals surface area contributed by atoms with Crippen LogP contribution in [0.25, 0.3) is 0 Å². The Morgan fingerprint density at radius 2 is 2.16 bits per heavy atom. The van der Waals surface area contributed by atoms with Crippen molar-refractivity contribution in [3.8, 4) is 11.8 Å². The minimum Gasteiger partial charge on any atom is -0.477 e. The fourth-order valence-corrected chi connectivity index (χ4v) is 2.31. The number of hydrogen-bond donors (Lipinski definition) is 1. The zero-order valence-corrected chi connectivity index (χ0v) is 11.2. The second kappa shape index (κ2) is 6.03. The number of carbonyl (C=O) groups is 1. The predicted octanol–water partition coefficient (Wildman–Crippen LogP) is 3.21. The van der Waals surface area contributed by atoms with Crippen molar-refractivity contribution in [2.24, 2.45) is 0 Å². The van der Waals surface area contributed by atoms with E-state index < -0.39 is 0 Å². The fraction of sp³-hybridized carbons (Fsp3) is 0.143. The van der Waals surface area contributed by atoms with Crippen molar-refractivity contribution in [1.82, 2.24) is 0 Å². The van der Waals surface area contributed by atoms with E-state index in [1.165, 1.54) is 11.3 Å². The van der Waals surface area contributed by atoms with Crippen LogP contribution in [0, 0.1) is 18.3 Å². The maximum absolute atomic E-state index is 12.0. The number of nitrogens with one attached hydrogen (secondary N) is 1. The second-order valence-corrected chi connectivity index (χ2v) is 5.10. The average molecular weight is 272 g/mol. The summed E-state index contributed by atoms with van der Waals surface area (Å²) in [6.07, 6.45) is 0. The Morgan fingerprint density at radius 3 is 2.84 bits per heavy atom. The molecule has 4 nitrogen and oxygen atoms in total. The van der Waals surface area contributed by atoms with Gasteiger partial charge in [-0.2, -0.15) is 5.26 Å². The Balaban J connectivity index is 2.14. The van der Waals surface area contributed by atoms with Gasteiger partial charge in [-0.1, -0.05) is 12.1 Å². The third kappa shape index (κ3) is 3.33. The molecular formula is C14H12N2O2S. The lowest BCUT2D eigenvalue weighted by molar-refractivity contribution is 0.103. The van der Waals surface area contributed by atoms with Gasteiger partial charge in [-0.25, -0.2) is 0 Å². The maximum Gasteiger partial charge on any atom is 0.265 e. The van der Waals surface area contributed by atoms with Gasteiger partial charge in [0.1, 0.15) is 11.8 Å². The van der Waals surface area contributed by atoms with Crippen LogP contribution in [-0.4, -0.2) is 12.5 Å². The van der Waals surface area contributed by atoms with Crippen LogP contribution in [0.3, 0.4) is 0 Å². The molecule has 1 aromatic heterocycles. The van der Waals surface area contributed by atoms with Gasteiger partial charge in [-0.15, -0.1) is 11.3 Å². The highest BCUT2D eigenvalue weighted by molar-refractivity contribution is 7.14. The van der Waals surface area contributed by atoms with E-state index in [1.54, 1.807) is 30.3 Å². The summed E-state index contributed by atoms with van der Waals surface area (Å²) in [6, 6.07) is 12.6. The minimum atomic E-state index is -0.175. The molecule has 2 rings (SSSR count). The van der Waals surface area contributed by atoms with Gasteiger partial charge in [0.05, 0.1) is 10.6 Å². The molecular weight excluding hydrogens is 260 g/mol. The number of nitriles is 1. The lowest BCUT2D eigenvalue weighted by atomic mass is 10.3. The number of rotatable bonds is 4. The van der Waals surface area contributed by atoms with Crippen molar-refractivity contribution in [3.63, 3.8) is 0 Å². The van der Waals surface area contributed by atoms with Crippen LogP contribution in [0.2, 0.25) is 0 Å². The van der Waals surface area contributed by atoms with Crippen LogP contribution in [0.5, 0.6) is 5.75 Å². The second-order valence-electron chi connectivity index (χ2n) is 3.81. The van der Waals surface area contributed by atoms with Crippen molar-refractivity contribution in [1.29, 1.82) is 5.26 Å². The Morgan fingerprint density at radius 1 is 1.37 bits per heavy atom. The first kappa shape index (κ1) is 13.1. The van der Waals surface area contributed by atoms with Gasteiger partial charge in [0.15, 0.2) is 6.61 Å². The summed E-state index contributed by atoms with van der Waals surface area (Å²) in [7, 11) is 0. The van der Waals surface area contributed by atoms with Gasteiger partial charge < -0.3 is 10.1 Å². The molecule has 1 amide bonds. The first-order valence-corrected chi connectivity index (χ1v) is 6.49. The average Bonchev–Trinajstić information content (AvgIpc) is 2.84. The maximum atomic E-state index is 12.0. The summed E-state index contributed by atoms with van der Waals surface area (Å²) < 4.78 is 5.26. The van der Waals surface area contributed by atoms with E-state index in [1.807, 2.05) is 19.1 Å². The first-order chi connectivity index (χ1) is 9.20. The molecule has 0 saturated carbocycles. The molecule has 0 unspecified atom stereocenters. The predicted molar refractivity (Wildman–Crippen MR) is 74.6 cm³/mol. The van der Waals surface area contributed by atoms with Gasteiger partial charge in [0.25, 0.3) is 5.91 Å². The summed E-state index contributed by atoms with van der Waals surface area (Å²) in [5.41, 5.74) is 0.564. The van der Waals surface area contributed by atoms with Crippen molar-refractivity contribution in [3.05, 3.63) is 46.2 Å². The number of hydrogen-bond acceptors (Lipinski definition) is 4. The first-order valence-electron chi connectivity index (χ1n) is 5.67. The molecule has 0 fully saturated rings. The summed E-state index contributed by atoms with van der Waals surface area (Å²) >= 11 is 1.43.